The number of halogens is 1. The smallest absolute Gasteiger partial charge is 0.266 e. The molecule has 1 aromatic carbocycles. The van der Waals surface area contributed by atoms with Crippen molar-refractivity contribution >= 4 is 63.5 Å². The third-order valence-electron chi connectivity index (χ3n) is 3.38. The number of anilines is 1. The molecule has 1 aromatic heterocycles. The average Bonchev–Trinajstić information content (AvgIpc) is 3.18. The maximum atomic E-state index is 12.4. The Morgan fingerprint density at radius 1 is 1.32 bits per heavy atom. The SMILES string of the molecule is O=C(CCN1C(=O)/C(=C/c2ccco2)SC1=S)Nc1ccc(Cl)cc1. The van der Waals surface area contributed by atoms with Gasteiger partial charge in [0.05, 0.1) is 11.2 Å². The minimum atomic E-state index is -0.217. The molecule has 0 radical (unpaired) electrons. The molecule has 0 atom stereocenters. The fraction of sp³-hybridized carbons (Fsp3) is 0.118. The van der Waals surface area contributed by atoms with Gasteiger partial charge in [-0.3, -0.25) is 14.5 Å². The van der Waals surface area contributed by atoms with Crippen LogP contribution in [0.1, 0.15) is 12.2 Å². The summed E-state index contributed by atoms with van der Waals surface area (Å²) in [5, 5.41) is 3.35. The summed E-state index contributed by atoms with van der Waals surface area (Å²) in [5.41, 5.74) is 0.650. The van der Waals surface area contributed by atoms with Gasteiger partial charge in [-0.25, -0.2) is 0 Å². The number of nitrogens with zero attached hydrogens (tertiary/aromatic N) is 1. The molecule has 3 rings (SSSR count). The van der Waals surface area contributed by atoms with E-state index < -0.39 is 0 Å². The van der Waals surface area contributed by atoms with Gasteiger partial charge in [0.1, 0.15) is 10.1 Å². The van der Waals surface area contributed by atoms with Crippen LogP contribution in [0, 0.1) is 0 Å². The number of hydrogen-bond acceptors (Lipinski definition) is 5. The topological polar surface area (TPSA) is 62.6 Å². The van der Waals surface area contributed by atoms with Crippen molar-refractivity contribution in [2.24, 2.45) is 0 Å². The van der Waals surface area contributed by atoms with Gasteiger partial charge in [-0.1, -0.05) is 35.6 Å². The van der Waals surface area contributed by atoms with Crippen LogP contribution in [-0.4, -0.2) is 27.6 Å². The highest BCUT2D eigenvalue weighted by molar-refractivity contribution is 8.26. The Morgan fingerprint density at radius 3 is 2.76 bits per heavy atom. The third kappa shape index (κ3) is 4.50. The number of carbonyl (C=O) groups excluding carboxylic acids is 2. The van der Waals surface area contributed by atoms with Crippen LogP contribution in [0.25, 0.3) is 6.08 Å². The summed E-state index contributed by atoms with van der Waals surface area (Å²) >= 11 is 12.2. The van der Waals surface area contributed by atoms with E-state index in [1.807, 2.05) is 0 Å². The highest BCUT2D eigenvalue weighted by Crippen LogP contribution is 2.32. The van der Waals surface area contributed by atoms with Crippen molar-refractivity contribution in [2.75, 3.05) is 11.9 Å². The summed E-state index contributed by atoms with van der Waals surface area (Å²) in [6, 6.07) is 10.3. The van der Waals surface area contributed by atoms with Gasteiger partial charge in [0.15, 0.2) is 0 Å². The van der Waals surface area contributed by atoms with Gasteiger partial charge in [-0.05, 0) is 36.4 Å². The minimum Gasteiger partial charge on any atom is -0.465 e. The molecule has 0 bridgehead atoms. The number of carbonyl (C=O) groups is 2. The van der Waals surface area contributed by atoms with Crippen LogP contribution in [0.5, 0.6) is 0 Å². The number of amides is 2. The normalized spacial score (nSPS) is 15.9. The molecule has 0 unspecified atom stereocenters. The molecule has 128 valence electrons. The average molecular weight is 393 g/mol. The summed E-state index contributed by atoms with van der Waals surface area (Å²) in [6.07, 6.45) is 3.32. The Labute approximate surface area is 159 Å². The summed E-state index contributed by atoms with van der Waals surface area (Å²) in [4.78, 5) is 26.4. The lowest BCUT2D eigenvalue weighted by Crippen LogP contribution is -2.31. The van der Waals surface area contributed by atoms with E-state index in [0.717, 1.165) is 0 Å². The van der Waals surface area contributed by atoms with Gasteiger partial charge in [0.2, 0.25) is 5.91 Å². The number of furan rings is 1. The number of benzene rings is 1. The predicted molar refractivity (Wildman–Crippen MR) is 103 cm³/mol. The summed E-state index contributed by atoms with van der Waals surface area (Å²) in [6.45, 7) is 0.222. The van der Waals surface area contributed by atoms with Crippen LogP contribution >= 0.6 is 35.6 Å². The number of rotatable bonds is 5. The van der Waals surface area contributed by atoms with Crippen molar-refractivity contribution in [2.45, 2.75) is 6.42 Å². The molecule has 2 heterocycles. The zero-order chi connectivity index (χ0) is 17.8. The first-order chi connectivity index (χ1) is 12.0. The number of thiocarbonyl (C=S) groups is 1. The third-order valence-corrected chi connectivity index (χ3v) is 5.01. The van der Waals surface area contributed by atoms with Crippen molar-refractivity contribution in [1.29, 1.82) is 0 Å². The molecule has 2 aromatic rings. The molecule has 25 heavy (non-hydrogen) atoms. The Kier molecular flexibility index (Phi) is 5.57. The molecule has 1 fully saturated rings. The van der Waals surface area contributed by atoms with E-state index in [1.54, 1.807) is 42.5 Å². The molecule has 1 saturated heterocycles. The van der Waals surface area contributed by atoms with E-state index >= 15 is 0 Å². The number of thioether (sulfide) groups is 1. The first kappa shape index (κ1) is 17.7. The zero-order valence-electron chi connectivity index (χ0n) is 12.9. The van der Waals surface area contributed by atoms with Gasteiger partial charge >= 0.3 is 0 Å². The lowest BCUT2D eigenvalue weighted by Gasteiger charge is -2.14. The van der Waals surface area contributed by atoms with E-state index in [-0.39, 0.29) is 24.8 Å². The molecule has 2 amide bonds. The number of hydrogen-bond donors (Lipinski definition) is 1. The van der Waals surface area contributed by atoms with Crippen LogP contribution in [0.2, 0.25) is 5.02 Å². The molecular formula is C17H13ClN2O3S2. The second-order valence-corrected chi connectivity index (χ2v) is 7.27. The summed E-state index contributed by atoms with van der Waals surface area (Å²) < 4.78 is 5.64. The minimum absolute atomic E-state index is 0.142. The van der Waals surface area contributed by atoms with E-state index in [0.29, 0.717) is 25.7 Å². The molecule has 0 aliphatic carbocycles. The quantitative estimate of drug-likeness (QED) is 0.611. The molecule has 1 aliphatic heterocycles. The van der Waals surface area contributed by atoms with Crippen molar-refractivity contribution in [3.63, 3.8) is 0 Å². The molecule has 8 heteroatoms. The van der Waals surface area contributed by atoms with E-state index in [2.05, 4.69) is 5.32 Å². The van der Waals surface area contributed by atoms with Crippen molar-refractivity contribution < 1.29 is 14.0 Å². The van der Waals surface area contributed by atoms with E-state index in [9.17, 15) is 9.59 Å². The van der Waals surface area contributed by atoms with Crippen molar-refractivity contribution in [3.8, 4) is 0 Å². The van der Waals surface area contributed by atoms with Crippen LogP contribution < -0.4 is 5.32 Å². The fourth-order valence-electron chi connectivity index (χ4n) is 2.17. The largest absolute Gasteiger partial charge is 0.465 e. The molecule has 1 N–H and O–H groups in total. The van der Waals surface area contributed by atoms with Crippen molar-refractivity contribution in [3.05, 3.63) is 58.3 Å². The molecule has 0 saturated carbocycles. The Bertz CT molecular complexity index is 832. The van der Waals surface area contributed by atoms with Gasteiger partial charge in [-0.2, -0.15) is 0 Å². The van der Waals surface area contributed by atoms with Crippen LogP contribution in [0.4, 0.5) is 5.69 Å². The fourth-order valence-corrected chi connectivity index (χ4v) is 3.58. The monoisotopic (exact) mass is 392 g/mol. The molecular weight excluding hydrogens is 380 g/mol. The number of nitrogens with one attached hydrogen (secondary N) is 1. The maximum Gasteiger partial charge on any atom is 0.266 e. The molecule has 5 nitrogen and oxygen atoms in total. The first-order valence-corrected chi connectivity index (χ1v) is 8.97. The van der Waals surface area contributed by atoms with E-state index in [4.69, 9.17) is 28.2 Å². The van der Waals surface area contributed by atoms with Gasteiger partial charge in [0, 0.05) is 29.8 Å². The van der Waals surface area contributed by atoms with Crippen LogP contribution in [0.3, 0.4) is 0 Å². The van der Waals surface area contributed by atoms with Gasteiger partial charge < -0.3 is 9.73 Å². The lowest BCUT2D eigenvalue weighted by molar-refractivity contribution is -0.122. The summed E-state index contributed by atoms with van der Waals surface area (Å²) in [5.74, 6) is 0.165. The highest BCUT2D eigenvalue weighted by atomic mass is 35.5. The predicted octanol–water partition coefficient (Wildman–Crippen LogP) is 4.16. The second kappa shape index (κ2) is 7.86. The summed E-state index contributed by atoms with van der Waals surface area (Å²) in [7, 11) is 0. The second-order valence-electron chi connectivity index (χ2n) is 5.15. The first-order valence-electron chi connectivity index (χ1n) is 7.37. The Morgan fingerprint density at radius 2 is 2.08 bits per heavy atom. The highest BCUT2D eigenvalue weighted by Gasteiger charge is 2.32. The van der Waals surface area contributed by atoms with Crippen LogP contribution in [-0.2, 0) is 9.59 Å². The zero-order valence-corrected chi connectivity index (χ0v) is 15.3. The molecule has 1 aliphatic rings. The molecule has 0 spiro atoms. The van der Waals surface area contributed by atoms with Gasteiger partial charge in [0.25, 0.3) is 5.91 Å². The van der Waals surface area contributed by atoms with Crippen LogP contribution in [0.15, 0.2) is 52.0 Å². The van der Waals surface area contributed by atoms with Crippen molar-refractivity contribution in [1.82, 2.24) is 4.90 Å². The maximum absolute atomic E-state index is 12.4. The van der Waals surface area contributed by atoms with E-state index in [1.165, 1.54) is 22.9 Å². The van der Waals surface area contributed by atoms with Gasteiger partial charge in [-0.15, -0.1) is 0 Å². The Hall–Kier alpha value is -2.09. The Balaban J connectivity index is 1.57. The lowest BCUT2D eigenvalue weighted by atomic mass is 10.3. The standard InChI is InChI=1S/C17H13ClN2O3S2/c18-11-3-5-12(6-4-11)19-15(21)7-8-20-16(22)14(25-17(20)24)10-13-2-1-9-23-13/h1-6,9-10H,7-8H2,(H,19,21)/b14-10-.